The quantitative estimate of drug-likeness (QED) is 0.880. The van der Waals surface area contributed by atoms with Crippen LogP contribution < -0.4 is 5.32 Å². The Hall–Kier alpha value is -2.46. The number of aryl methyl sites for hydroxylation is 1. The molecule has 1 atom stereocenters. The zero-order valence-corrected chi connectivity index (χ0v) is 13.4. The predicted octanol–water partition coefficient (Wildman–Crippen LogP) is 2.30. The number of hydrogen-bond donors (Lipinski definition) is 1. The fraction of sp³-hybridized carbons (Fsp3) is 0.333. The van der Waals surface area contributed by atoms with Gasteiger partial charge in [-0.25, -0.2) is 4.98 Å². The SMILES string of the molecule is Cc1nc2ccc(NC(=O)C(=O)N(C)[C@H](C)CC#N)cc2s1. The Bertz CT molecular complexity index is 762. The van der Waals surface area contributed by atoms with Crippen LogP contribution in [0.2, 0.25) is 0 Å². The molecule has 114 valence electrons. The first kappa shape index (κ1) is 15.9. The van der Waals surface area contributed by atoms with Crippen LogP contribution >= 0.6 is 11.3 Å². The van der Waals surface area contributed by atoms with Gasteiger partial charge in [-0.15, -0.1) is 11.3 Å². The Morgan fingerprint density at radius 1 is 1.50 bits per heavy atom. The van der Waals surface area contributed by atoms with Gasteiger partial charge in [-0.2, -0.15) is 5.26 Å². The van der Waals surface area contributed by atoms with Crippen molar-refractivity contribution in [1.82, 2.24) is 9.88 Å². The maximum atomic E-state index is 12.0. The van der Waals surface area contributed by atoms with Gasteiger partial charge in [-0.05, 0) is 32.0 Å². The standard InChI is InChI=1S/C15H16N4O2S/c1-9(6-7-16)19(3)15(21)14(20)18-11-4-5-12-13(8-11)22-10(2)17-12/h4-5,8-9H,6H2,1-3H3,(H,18,20)/t9-/m1/s1. The first-order chi connectivity index (χ1) is 10.4. The zero-order chi connectivity index (χ0) is 16.3. The molecule has 0 radical (unpaired) electrons. The van der Waals surface area contributed by atoms with Gasteiger partial charge in [0.25, 0.3) is 0 Å². The molecule has 1 N–H and O–H groups in total. The summed E-state index contributed by atoms with van der Waals surface area (Å²) >= 11 is 1.53. The van der Waals surface area contributed by atoms with Crippen LogP contribution in [0.5, 0.6) is 0 Å². The van der Waals surface area contributed by atoms with Gasteiger partial charge < -0.3 is 10.2 Å². The fourth-order valence-electron chi connectivity index (χ4n) is 1.93. The highest BCUT2D eigenvalue weighted by molar-refractivity contribution is 7.18. The van der Waals surface area contributed by atoms with Crippen molar-refractivity contribution in [1.29, 1.82) is 5.26 Å². The van der Waals surface area contributed by atoms with Gasteiger partial charge in [0.1, 0.15) is 0 Å². The summed E-state index contributed by atoms with van der Waals surface area (Å²) in [5.74, 6) is -1.38. The highest BCUT2D eigenvalue weighted by Crippen LogP contribution is 2.24. The lowest BCUT2D eigenvalue weighted by Crippen LogP contribution is -2.42. The van der Waals surface area contributed by atoms with Crippen molar-refractivity contribution < 1.29 is 9.59 Å². The minimum atomic E-state index is -0.715. The number of nitriles is 1. The molecule has 2 rings (SSSR count). The van der Waals surface area contributed by atoms with Crippen molar-refractivity contribution in [2.45, 2.75) is 26.3 Å². The summed E-state index contributed by atoms with van der Waals surface area (Å²) in [5.41, 5.74) is 1.42. The third kappa shape index (κ3) is 3.40. The van der Waals surface area contributed by atoms with Crippen molar-refractivity contribution in [3.63, 3.8) is 0 Å². The number of carbonyl (C=O) groups is 2. The number of hydrogen-bond acceptors (Lipinski definition) is 5. The van der Waals surface area contributed by atoms with E-state index in [0.29, 0.717) is 5.69 Å². The molecule has 2 amide bonds. The molecule has 0 unspecified atom stereocenters. The average Bonchev–Trinajstić information content (AvgIpc) is 2.85. The van der Waals surface area contributed by atoms with E-state index >= 15 is 0 Å². The second-order valence-electron chi connectivity index (χ2n) is 5.00. The maximum Gasteiger partial charge on any atom is 0.313 e. The average molecular weight is 316 g/mol. The molecule has 0 aliphatic heterocycles. The molecule has 0 spiro atoms. The van der Waals surface area contributed by atoms with E-state index in [1.807, 2.05) is 13.0 Å². The van der Waals surface area contributed by atoms with E-state index in [9.17, 15) is 9.59 Å². The van der Waals surface area contributed by atoms with E-state index in [0.717, 1.165) is 15.2 Å². The molecule has 0 saturated heterocycles. The van der Waals surface area contributed by atoms with E-state index in [1.54, 1.807) is 25.1 Å². The van der Waals surface area contributed by atoms with Gasteiger partial charge in [-0.1, -0.05) is 0 Å². The Morgan fingerprint density at radius 3 is 2.91 bits per heavy atom. The summed E-state index contributed by atoms with van der Waals surface area (Å²) in [6, 6.07) is 6.99. The van der Waals surface area contributed by atoms with Gasteiger partial charge in [0.2, 0.25) is 0 Å². The van der Waals surface area contributed by atoms with Crippen molar-refractivity contribution in [3.05, 3.63) is 23.2 Å². The second kappa shape index (κ2) is 6.54. The molecule has 1 heterocycles. The molecule has 6 nitrogen and oxygen atoms in total. The lowest BCUT2D eigenvalue weighted by Gasteiger charge is -2.22. The van der Waals surface area contributed by atoms with Crippen LogP contribution in [0.15, 0.2) is 18.2 Å². The van der Waals surface area contributed by atoms with Gasteiger partial charge in [0.15, 0.2) is 0 Å². The number of thiazole rings is 1. The van der Waals surface area contributed by atoms with Crippen LogP contribution in [-0.4, -0.2) is 34.8 Å². The summed E-state index contributed by atoms with van der Waals surface area (Å²) in [6.45, 7) is 3.64. The van der Waals surface area contributed by atoms with E-state index in [2.05, 4.69) is 10.3 Å². The molecule has 7 heteroatoms. The molecule has 2 aromatic rings. The molecule has 0 aliphatic carbocycles. The van der Waals surface area contributed by atoms with Gasteiger partial charge in [-0.3, -0.25) is 9.59 Å². The first-order valence-electron chi connectivity index (χ1n) is 6.74. The number of nitrogens with zero attached hydrogens (tertiary/aromatic N) is 3. The number of rotatable bonds is 3. The number of nitrogens with one attached hydrogen (secondary N) is 1. The van der Waals surface area contributed by atoms with Crippen LogP contribution in [0.3, 0.4) is 0 Å². The molecule has 0 fully saturated rings. The number of carbonyl (C=O) groups excluding carboxylic acids is 2. The van der Waals surface area contributed by atoms with E-state index in [-0.39, 0.29) is 12.5 Å². The zero-order valence-electron chi connectivity index (χ0n) is 12.6. The Morgan fingerprint density at radius 2 is 2.23 bits per heavy atom. The topological polar surface area (TPSA) is 86.1 Å². The first-order valence-corrected chi connectivity index (χ1v) is 7.56. The number of fused-ring (bicyclic) bond motifs is 1. The number of aromatic nitrogens is 1. The molecular formula is C15H16N4O2S. The molecular weight excluding hydrogens is 300 g/mol. The lowest BCUT2D eigenvalue weighted by molar-refractivity contribution is -0.143. The van der Waals surface area contributed by atoms with E-state index in [4.69, 9.17) is 5.26 Å². The summed E-state index contributed by atoms with van der Waals surface area (Å²) in [4.78, 5) is 29.6. The molecule has 0 bridgehead atoms. The maximum absolute atomic E-state index is 12.0. The summed E-state index contributed by atoms with van der Waals surface area (Å²) in [6.07, 6.45) is 0.182. The van der Waals surface area contributed by atoms with Crippen LogP contribution in [0.25, 0.3) is 10.2 Å². The number of anilines is 1. The highest BCUT2D eigenvalue weighted by atomic mass is 32.1. The third-order valence-corrected chi connectivity index (χ3v) is 4.25. The summed E-state index contributed by atoms with van der Waals surface area (Å²) in [7, 11) is 1.51. The Kier molecular flexibility index (Phi) is 4.73. The van der Waals surface area contributed by atoms with Crippen LogP contribution in [0.1, 0.15) is 18.4 Å². The van der Waals surface area contributed by atoms with Crippen LogP contribution in [0.4, 0.5) is 5.69 Å². The Labute approximate surface area is 132 Å². The summed E-state index contributed by atoms with van der Waals surface area (Å²) < 4.78 is 0.953. The summed E-state index contributed by atoms with van der Waals surface area (Å²) in [5, 5.41) is 12.2. The highest BCUT2D eigenvalue weighted by Gasteiger charge is 2.22. The largest absolute Gasteiger partial charge is 0.334 e. The van der Waals surface area contributed by atoms with Crippen LogP contribution in [0, 0.1) is 18.3 Å². The number of likely N-dealkylation sites (N-methyl/N-ethyl adjacent to an activating group) is 1. The molecule has 0 aliphatic rings. The lowest BCUT2D eigenvalue weighted by atomic mass is 10.2. The minimum Gasteiger partial charge on any atom is -0.334 e. The molecule has 22 heavy (non-hydrogen) atoms. The monoisotopic (exact) mass is 316 g/mol. The van der Waals surface area contributed by atoms with Crippen LogP contribution in [-0.2, 0) is 9.59 Å². The van der Waals surface area contributed by atoms with Gasteiger partial charge in [0.05, 0.1) is 27.7 Å². The van der Waals surface area contributed by atoms with E-state index in [1.165, 1.54) is 23.3 Å². The Balaban J connectivity index is 2.09. The molecule has 1 aromatic carbocycles. The van der Waals surface area contributed by atoms with Crippen molar-refractivity contribution in [2.75, 3.05) is 12.4 Å². The number of amides is 2. The van der Waals surface area contributed by atoms with Crippen molar-refractivity contribution in [3.8, 4) is 6.07 Å². The van der Waals surface area contributed by atoms with Gasteiger partial charge >= 0.3 is 11.8 Å². The molecule has 0 saturated carbocycles. The second-order valence-corrected chi connectivity index (χ2v) is 6.23. The minimum absolute atomic E-state index is 0.182. The normalized spacial score (nSPS) is 11.7. The number of benzene rings is 1. The molecule has 1 aromatic heterocycles. The van der Waals surface area contributed by atoms with E-state index < -0.39 is 11.8 Å². The fourth-order valence-corrected chi connectivity index (χ4v) is 2.80. The van der Waals surface area contributed by atoms with Crippen molar-refractivity contribution >= 4 is 39.1 Å². The van der Waals surface area contributed by atoms with Crippen molar-refractivity contribution in [2.24, 2.45) is 0 Å². The van der Waals surface area contributed by atoms with Gasteiger partial charge in [0, 0.05) is 18.8 Å². The predicted molar refractivity (Wildman–Crippen MR) is 85.4 cm³/mol. The smallest absolute Gasteiger partial charge is 0.313 e. The third-order valence-electron chi connectivity index (χ3n) is 3.32.